The molecule has 2 heterocycles. The van der Waals surface area contributed by atoms with Gasteiger partial charge in [0.25, 0.3) is 0 Å². The number of nitrogens with one attached hydrogen (secondary N) is 1. The number of hydrogen-bond acceptors (Lipinski definition) is 4. The van der Waals surface area contributed by atoms with E-state index < -0.39 is 5.97 Å². The number of carbonyl (C=O) groups is 1. The molecule has 1 saturated carbocycles. The molecule has 1 aliphatic heterocycles. The predicted octanol–water partition coefficient (Wildman–Crippen LogP) is 3.24. The third kappa shape index (κ3) is 4.94. The van der Waals surface area contributed by atoms with E-state index >= 15 is 0 Å². The Labute approximate surface area is 144 Å². The molecule has 5 nitrogen and oxygen atoms in total. The number of aromatic nitrogens is 1. The van der Waals surface area contributed by atoms with Crippen LogP contribution in [0.5, 0.6) is 0 Å². The second-order valence-electron chi connectivity index (χ2n) is 7.37. The molecule has 24 heavy (non-hydrogen) atoms. The molecule has 2 N–H and O–H groups in total. The summed E-state index contributed by atoms with van der Waals surface area (Å²) in [6.45, 7) is 3.43. The summed E-state index contributed by atoms with van der Waals surface area (Å²) in [6, 6.07) is 4.72. The van der Waals surface area contributed by atoms with Gasteiger partial charge in [-0.05, 0) is 75.6 Å². The number of hydrogen-bond donors (Lipinski definition) is 2. The first-order chi connectivity index (χ1) is 11.7. The van der Waals surface area contributed by atoms with Crippen LogP contribution in [-0.4, -0.2) is 46.6 Å². The van der Waals surface area contributed by atoms with Gasteiger partial charge in [0, 0.05) is 37.1 Å². The summed E-state index contributed by atoms with van der Waals surface area (Å²) in [5.41, 5.74) is 1.16. The van der Waals surface area contributed by atoms with Crippen molar-refractivity contribution in [2.24, 2.45) is 11.8 Å². The Hall–Kier alpha value is -1.62. The predicted molar refractivity (Wildman–Crippen MR) is 95.0 cm³/mol. The van der Waals surface area contributed by atoms with Gasteiger partial charge in [-0.2, -0.15) is 0 Å². The Bertz CT molecular complexity index is 507. The quantitative estimate of drug-likeness (QED) is 0.838. The van der Waals surface area contributed by atoms with Gasteiger partial charge in [-0.1, -0.05) is 0 Å². The molecule has 0 atom stereocenters. The van der Waals surface area contributed by atoms with Gasteiger partial charge in [0.05, 0.1) is 0 Å². The minimum Gasteiger partial charge on any atom is -0.481 e. The number of anilines is 1. The van der Waals surface area contributed by atoms with Crippen molar-refractivity contribution in [2.75, 3.05) is 25.0 Å². The molecule has 0 unspecified atom stereocenters. The fraction of sp³-hybridized carbons (Fsp3) is 0.684. The van der Waals surface area contributed by atoms with Crippen molar-refractivity contribution in [3.8, 4) is 0 Å². The van der Waals surface area contributed by atoms with Crippen LogP contribution in [0, 0.1) is 11.8 Å². The SMILES string of the molecule is O=C(O)CC1CCC(N2CCC(CNc3ccncc3)CC2)CC1. The van der Waals surface area contributed by atoms with Gasteiger partial charge < -0.3 is 15.3 Å². The molecular formula is C19H29N3O2. The monoisotopic (exact) mass is 331 g/mol. The summed E-state index contributed by atoms with van der Waals surface area (Å²) in [4.78, 5) is 17.5. The molecule has 0 amide bonds. The summed E-state index contributed by atoms with van der Waals surface area (Å²) in [5, 5.41) is 12.4. The zero-order valence-electron chi connectivity index (χ0n) is 14.4. The van der Waals surface area contributed by atoms with Crippen molar-refractivity contribution in [1.82, 2.24) is 9.88 Å². The summed E-state index contributed by atoms with van der Waals surface area (Å²) >= 11 is 0. The van der Waals surface area contributed by atoms with Crippen molar-refractivity contribution in [2.45, 2.75) is 51.0 Å². The number of aliphatic carboxylic acids is 1. The van der Waals surface area contributed by atoms with Crippen LogP contribution in [0.3, 0.4) is 0 Å². The minimum absolute atomic E-state index is 0.357. The lowest BCUT2D eigenvalue weighted by Gasteiger charge is -2.40. The van der Waals surface area contributed by atoms with Gasteiger partial charge in [0.1, 0.15) is 0 Å². The smallest absolute Gasteiger partial charge is 0.303 e. The largest absolute Gasteiger partial charge is 0.481 e. The molecule has 3 rings (SSSR count). The van der Waals surface area contributed by atoms with Crippen molar-refractivity contribution in [3.05, 3.63) is 24.5 Å². The fourth-order valence-corrected chi connectivity index (χ4v) is 4.22. The van der Waals surface area contributed by atoms with Gasteiger partial charge in [-0.3, -0.25) is 9.78 Å². The molecule has 5 heteroatoms. The first kappa shape index (κ1) is 17.2. The lowest BCUT2D eigenvalue weighted by Crippen LogP contribution is -2.44. The third-order valence-electron chi connectivity index (χ3n) is 5.72. The maximum Gasteiger partial charge on any atom is 0.303 e. The zero-order chi connectivity index (χ0) is 16.8. The first-order valence-electron chi connectivity index (χ1n) is 9.30. The molecule has 0 aromatic carbocycles. The summed E-state index contributed by atoms with van der Waals surface area (Å²) < 4.78 is 0. The standard InChI is InChI=1S/C19H29N3O2/c23-19(24)13-15-1-3-18(4-2-15)22-11-7-16(8-12-22)14-21-17-5-9-20-10-6-17/h5-6,9-10,15-16,18H,1-4,7-8,11-14H2,(H,20,21)(H,23,24). The van der Waals surface area contributed by atoms with Crippen LogP contribution < -0.4 is 5.32 Å². The normalized spacial score (nSPS) is 26.2. The summed E-state index contributed by atoms with van der Waals surface area (Å²) in [6.07, 6.45) is 11.0. The Morgan fingerprint density at radius 3 is 2.38 bits per heavy atom. The molecule has 1 saturated heterocycles. The molecule has 1 aromatic heterocycles. The minimum atomic E-state index is -0.638. The number of carboxylic acid groups (broad SMARTS) is 1. The van der Waals surface area contributed by atoms with Crippen LogP contribution in [0.15, 0.2) is 24.5 Å². The van der Waals surface area contributed by atoms with E-state index in [1.54, 1.807) is 0 Å². The Morgan fingerprint density at radius 2 is 1.75 bits per heavy atom. The Kier molecular flexibility index (Phi) is 6.07. The molecule has 1 aliphatic carbocycles. The first-order valence-corrected chi connectivity index (χ1v) is 9.30. The number of carboxylic acids is 1. The number of nitrogens with zero attached hydrogens (tertiary/aromatic N) is 2. The highest BCUT2D eigenvalue weighted by Crippen LogP contribution is 2.31. The van der Waals surface area contributed by atoms with Crippen LogP contribution in [0.4, 0.5) is 5.69 Å². The van der Waals surface area contributed by atoms with E-state index in [2.05, 4.69) is 15.2 Å². The van der Waals surface area contributed by atoms with Crippen LogP contribution in [0.25, 0.3) is 0 Å². The van der Waals surface area contributed by atoms with Gasteiger partial charge in [0.2, 0.25) is 0 Å². The molecule has 2 fully saturated rings. The highest BCUT2D eigenvalue weighted by Gasteiger charge is 2.29. The van der Waals surface area contributed by atoms with Crippen LogP contribution in [-0.2, 0) is 4.79 Å². The van der Waals surface area contributed by atoms with E-state index in [9.17, 15) is 4.79 Å². The van der Waals surface area contributed by atoms with E-state index in [1.165, 1.54) is 38.8 Å². The van der Waals surface area contributed by atoms with E-state index in [0.717, 1.165) is 31.0 Å². The average Bonchev–Trinajstić information content (AvgIpc) is 2.62. The second-order valence-corrected chi connectivity index (χ2v) is 7.37. The maximum absolute atomic E-state index is 10.8. The van der Waals surface area contributed by atoms with Crippen molar-refractivity contribution < 1.29 is 9.90 Å². The molecule has 0 bridgehead atoms. The molecule has 0 radical (unpaired) electrons. The van der Waals surface area contributed by atoms with E-state index in [-0.39, 0.29) is 0 Å². The van der Waals surface area contributed by atoms with E-state index in [4.69, 9.17) is 5.11 Å². The molecule has 0 spiro atoms. The molecule has 2 aliphatic rings. The molecule has 132 valence electrons. The number of pyridine rings is 1. The maximum atomic E-state index is 10.8. The van der Waals surface area contributed by atoms with Crippen molar-refractivity contribution in [1.29, 1.82) is 0 Å². The Morgan fingerprint density at radius 1 is 1.08 bits per heavy atom. The second kappa shape index (κ2) is 8.47. The number of piperidine rings is 1. The van der Waals surface area contributed by atoms with E-state index in [0.29, 0.717) is 18.4 Å². The molecular weight excluding hydrogens is 302 g/mol. The lowest BCUT2D eigenvalue weighted by molar-refractivity contribution is -0.138. The topological polar surface area (TPSA) is 65.5 Å². The third-order valence-corrected chi connectivity index (χ3v) is 5.72. The lowest BCUT2D eigenvalue weighted by atomic mass is 9.82. The Balaban J connectivity index is 1.36. The van der Waals surface area contributed by atoms with Gasteiger partial charge in [-0.25, -0.2) is 0 Å². The van der Waals surface area contributed by atoms with E-state index in [1.807, 2.05) is 24.5 Å². The number of rotatable bonds is 6. The van der Waals surface area contributed by atoms with Gasteiger partial charge >= 0.3 is 5.97 Å². The zero-order valence-corrected chi connectivity index (χ0v) is 14.4. The fourth-order valence-electron chi connectivity index (χ4n) is 4.22. The average molecular weight is 331 g/mol. The van der Waals surface area contributed by atoms with Crippen molar-refractivity contribution in [3.63, 3.8) is 0 Å². The van der Waals surface area contributed by atoms with Gasteiger partial charge in [0.15, 0.2) is 0 Å². The summed E-state index contributed by atoms with van der Waals surface area (Å²) in [7, 11) is 0. The van der Waals surface area contributed by atoms with Gasteiger partial charge in [-0.15, -0.1) is 0 Å². The van der Waals surface area contributed by atoms with Crippen LogP contribution in [0.1, 0.15) is 44.9 Å². The van der Waals surface area contributed by atoms with Crippen LogP contribution in [0.2, 0.25) is 0 Å². The van der Waals surface area contributed by atoms with Crippen molar-refractivity contribution >= 4 is 11.7 Å². The highest BCUT2D eigenvalue weighted by molar-refractivity contribution is 5.67. The number of likely N-dealkylation sites (tertiary alicyclic amines) is 1. The highest BCUT2D eigenvalue weighted by atomic mass is 16.4. The summed E-state index contributed by atoms with van der Waals surface area (Å²) in [5.74, 6) is 0.513. The van der Waals surface area contributed by atoms with Crippen LogP contribution >= 0.6 is 0 Å². The molecule has 1 aromatic rings.